The van der Waals surface area contributed by atoms with Gasteiger partial charge in [0.1, 0.15) is 6.10 Å². The van der Waals surface area contributed by atoms with Crippen molar-refractivity contribution in [3.63, 3.8) is 0 Å². The van der Waals surface area contributed by atoms with E-state index in [0.717, 1.165) is 57.8 Å². The summed E-state index contributed by atoms with van der Waals surface area (Å²) < 4.78 is 5.52. The first-order valence-electron chi connectivity index (χ1n) is 11.6. The van der Waals surface area contributed by atoms with Crippen molar-refractivity contribution in [2.24, 2.45) is 0 Å². The highest BCUT2D eigenvalue weighted by Crippen LogP contribution is 2.13. The molecular weight excluding hydrogens is 376 g/mol. The van der Waals surface area contributed by atoms with E-state index < -0.39 is 5.97 Å². The largest absolute Gasteiger partial charge is 0.481 e. The summed E-state index contributed by atoms with van der Waals surface area (Å²) in [4.78, 5) is 22.6. The minimum Gasteiger partial charge on any atom is -0.481 e. The standard InChI is InChI=1S/C26H42O4/c1-3-5-6-7-8-9-10-11-12-13-14-15-16-17-18-23-26(29)30-24(20-4-2)21-19-22-25(27)28/h5-6,8-9,11-12,14-15,24H,3-4,7,10,13,16-23H2,1-2H3,(H,27,28)/b6-5-,9-8-,12-11-,15-14-. The first kappa shape index (κ1) is 27.9. The van der Waals surface area contributed by atoms with Gasteiger partial charge in [0.15, 0.2) is 0 Å². The van der Waals surface area contributed by atoms with Crippen LogP contribution in [0.4, 0.5) is 0 Å². The Labute approximate surface area is 183 Å². The Hall–Kier alpha value is -2.10. The molecule has 170 valence electrons. The van der Waals surface area contributed by atoms with Crippen LogP contribution < -0.4 is 0 Å². The van der Waals surface area contributed by atoms with Crippen molar-refractivity contribution in [2.45, 2.75) is 103 Å². The van der Waals surface area contributed by atoms with E-state index in [0.29, 0.717) is 19.3 Å². The van der Waals surface area contributed by atoms with Crippen LogP contribution in [0.15, 0.2) is 48.6 Å². The van der Waals surface area contributed by atoms with E-state index >= 15 is 0 Å². The van der Waals surface area contributed by atoms with Gasteiger partial charge in [-0.05, 0) is 64.2 Å². The number of carbonyl (C=O) groups excluding carboxylic acids is 1. The highest BCUT2D eigenvalue weighted by Gasteiger charge is 2.14. The monoisotopic (exact) mass is 418 g/mol. The van der Waals surface area contributed by atoms with Gasteiger partial charge in [-0.15, -0.1) is 0 Å². The van der Waals surface area contributed by atoms with Gasteiger partial charge in [-0.3, -0.25) is 9.59 Å². The van der Waals surface area contributed by atoms with Crippen LogP contribution in [0.1, 0.15) is 97.3 Å². The number of allylic oxidation sites excluding steroid dienone is 8. The van der Waals surface area contributed by atoms with E-state index in [2.05, 4.69) is 55.5 Å². The molecule has 0 heterocycles. The molecule has 0 aliphatic heterocycles. The molecule has 0 amide bonds. The van der Waals surface area contributed by atoms with Gasteiger partial charge < -0.3 is 9.84 Å². The van der Waals surface area contributed by atoms with Crippen molar-refractivity contribution >= 4 is 11.9 Å². The second-order valence-corrected chi connectivity index (χ2v) is 7.43. The van der Waals surface area contributed by atoms with E-state index in [1.165, 1.54) is 0 Å². The summed E-state index contributed by atoms with van der Waals surface area (Å²) in [5, 5.41) is 8.72. The molecule has 0 spiro atoms. The van der Waals surface area contributed by atoms with Gasteiger partial charge in [0, 0.05) is 12.8 Å². The quantitative estimate of drug-likeness (QED) is 0.136. The molecule has 0 bridgehead atoms. The van der Waals surface area contributed by atoms with Crippen molar-refractivity contribution in [1.82, 2.24) is 0 Å². The number of ether oxygens (including phenoxy) is 1. The normalized spacial score (nSPS) is 13.1. The van der Waals surface area contributed by atoms with Gasteiger partial charge >= 0.3 is 11.9 Å². The van der Waals surface area contributed by atoms with Crippen LogP contribution in [0, 0.1) is 0 Å². The van der Waals surface area contributed by atoms with Crippen molar-refractivity contribution in [3.05, 3.63) is 48.6 Å². The van der Waals surface area contributed by atoms with Gasteiger partial charge in [-0.25, -0.2) is 0 Å². The van der Waals surface area contributed by atoms with Crippen LogP contribution >= 0.6 is 0 Å². The Morgan fingerprint density at radius 1 is 0.767 bits per heavy atom. The lowest BCUT2D eigenvalue weighted by molar-refractivity contribution is -0.150. The first-order valence-corrected chi connectivity index (χ1v) is 11.6. The van der Waals surface area contributed by atoms with Gasteiger partial charge in [0.25, 0.3) is 0 Å². The third-order valence-corrected chi connectivity index (χ3v) is 4.55. The predicted molar refractivity (Wildman–Crippen MR) is 125 cm³/mol. The lowest BCUT2D eigenvalue weighted by atomic mass is 10.1. The maximum absolute atomic E-state index is 12.0. The summed E-state index contributed by atoms with van der Waals surface area (Å²) >= 11 is 0. The number of carboxylic acids is 1. The molecule has 0 saturated carbocycles. The Morgan fingerprint density at radius 2 is 1.37 bits per heavy atom. The summed E-state index contributed by atoms with van der Waals surface area (Å²) in [5.41, 5.74) is 0. The van der Waals surface area contributed by atoms with Gasteiger partial charge in [-0.2, -0.15) is 0 Å². The van der Waals surface area contributed by atoms with E-state index in [9.17, 15) is 9.59 Å². The second-order valence-electron chi connectivity index (χ2n) is 7.43. The number of aliphatic carboxylic acids is 1. The molecule has 0 aliphatic carbocycles. The van der Waals surface area contributed by atoms with Crippen LogP contribution in [0.25, 0.3) is 0 Å². The zero-order chi connectivity index (χ0) is 22.3. The van der Waals surface area contributed by atoms with Gasteiger partial charge in [0.2, 0.25) is 0 Å². The van der Waals surface area contributed by atoms with Crippen molar-refractivity contribution in [2.75, 3.05) is 0 Å². The second kappa shape index (κ2) is 21.6. The number of hydrogen-bond donors (Lipinski definition) is 1. The van der Waals surface area contributed by atoms with Gasteiger partial charge in [-0.1, -0.05) is 68.9 Å². The molecule has 0 saturated heterocycles. The minimum atomic E-state index is -0.799. The number of esters is 1. The molecule has 0 aromatic heterocycles. The molecule has 4 nitrogen and oxygen atoms in total. The zero-order valence-electron chi connectivity index (χ0n) is 19.1. The number of carbonyl (C=O) groups is 2. The maximum atomic E-state index is 12.0. The van der Waals surface area contributed by atoms with E-state index in [-0.39, 0.29) is 18.5 Å². The minimum absolute atomic E-state index is 0.132. The van der Waals surface area contributed by atoms with E-state index in [4.69, 9.17) is 9.84 Å². The Kier molecular flexibility index (Phi) is 20.1. The molecule has 0 aromatic rings. The van der Waals surface area contributed by atoms with Crippen molar-refractivity contribution < 1.29 is 19.4 Å². The molecule has 0 fully saturated rings. The summed E-state index contributed by atoms with van der Waals surface area (Å²) in [7, 11) is 0. The SMILES string of the molecule is CC/C=C\C/C=C\C/C=C\C/C=C\CCCCC(=O)OC(CCC)CCCC(=O)O. The summed E-state index contributed by atoms with van der Waals surface area (Å²) in [6.45, 7) is 4.19. The molecule has 0 aromatic carbocycles. The van der Waals surface area contributed by atoms with Crippen LogP contribution in [0.3, 0.4) is 0 Å². The highest BCUT2D eigenvalue weighted by atomic mass is 16.5. The molecule has 0 aliphatic rings. The molecule has 30 heavy (non-hydrogen) atoms. The fourth-order valence-electron chi connectivity index (χ4n) is 2.94. The number of hydrogen-bond acceptors (Lipinski definition) is 3. The molecule has 1 unspecified atom stereocenters. The molecular formula is C26H42O4. The summed E-state index contributed by atoms with van der Waals surface area (Å²) in [6, 6.07) is 0. The highest BCUT2D eigenvalue weighted by molar-refractivity contribution is 5.69. The van der Waals surface area contributed by atoms with Crippen molar-refractivity contribution in [1.29, 1.82) is 0 Å². The number of rotatable bonds is 19. The molecule has 1 N–H and O–H groups in total. The van der Waals surface area contributed by atoms with E-state index in [1.54, 1.807) is 0 Å². The average molecular weight is 419 g/mol. The summed E-state index contributed by atoms with van der Waals surface area (Å²) in [5.74, 6) is -0.957. The fourth-order valence-corrected chi connectivity index (χ4v) is 2.94. The van der Waals surface area contributed by atoms with Crippen LogP contribution in [-0.2, 0) is 14.3 Å². The maximum Gasteiger partial charge on any atom is 0.306 e. The number of unbranched alkanes of at least 4 members (excludes halogenated alkanes) is 2. The van der Waals surface area contributed by atoms with E-state index in [1.807, 2.05) is 6.92 Å². The smallest absolute Gasteiger partial charge is 0.306 e. The van der Waals surface area contributed by atoms with Crippen LogP contribution in [0.2, 0.25) is 0 Å². The van der Waals surface area contributed by atoms with Crippen LogP contribution in [0.5, 0.6) is 0 Å². The Bertz CT molecular complexity index is 543. The van der Waals surface area contributed by atoms with Crippen LogP contribution in [-0.4, -0.2) is 23.1 Å². The predicted octanol–water partition coefficient (Wildman–Crippen LogP) is 7.32. The van der Waals surface area contributed by atoms with Crippen molar-refractivity contribution in [3.8, 4) is 0 Å². The lowest BCUT2D eigenvalue weighted by Gasteiger charge is -2.16. The fraction of sp³-hybridized carbons (Fsp3) is 0.615. The third kappa shape index (κ3) is 20.6. The van der Waals surface area contributed by atoms with Gasteiger partial charge in [0.05, 0.1) is 0 Å². The molecule has 1 atom stereocenters. The lowest BCUT2D eigenvalue weighted by Crippen LogP contribution is -2.18. The topological polar surface area (TPSA) is 63.6 Å². The molecule has 4 heteroatoms. The first-order chi connectivity index (χ1) is 14.6. The number of carboxylic acid groups (broad SMARTS) is 1. The zero-order valence-corrected chi connectivity index (χ0v) is 19.1. The summed E-state index contributed by atoms with van der Waals surface area (Å²) in [6.07, 6.45) is 27.6. The third-order valence-electron chi connectivity index (χ3n) is 4.55. The molecule has 0 radical (unpaired) electrons. The average Bonchev–Trinajstić information content (AvgIpc) is 2.70. The Morgan fingerprint density at radius 3 is 1.93 bits per heavy atom. The molecule has 0 rings (SSSR count). The Balaban J connectivity index is 3.75.